The van der Waals surface area contributed by atoms with Crippen molar-refractivity contribution in [3.8, 4) is 5.82 Å². The summed E-state index contributed by atoms with van der Waals surface area (Å²) in [6.07, 6.45) is 3.98. The van der Waals surface area contributed by atoms with Crippen LogP contribution in [0.2, 0.25) is 0 Å². The van der Waals surface area contributed by atoms with Crippen LogP contribution in [-0.4, -0.2) is 30.7 Å². The highest BCUT2D eigenvalue weighted by atomic mass is 16.1. The summed E-state index contributed by atoms with van der Waals surface area (Å²) in [6, 6.07) is 0. The molecule has 0 radical (unpaired) electrons. The van der Waals surface area contributed by atoms with Crippen LogP contribution in [0.4, 0.5) is 5.69 Å². The molecule has 8 nitrogen and oxygen atoms in total. The molecule has 1 amide bonds. The van der Waals surface area contributed by atoms with E-state index in [0.29, 0.717) is 12.4 Å². The highest BCUT2D eigenvalue weighted by molar-refractivity contribution is 5.95. The lowest BCUT2D eigenvalue weighted by Crippen LogP contribution is -2.14. The Morgan fingerprint density at radius 2 is 2.29 bits per heavy atom. The van der Waals surface area contributed by atoms with Gasteiger partial charge >= 0.3 is 0 Å². The molecule has 0 aliphatic carbocycles. The molecule has 90 valence electrons. The molecule has 0 fully saturated rings. The maximum absolute atomic E-state index is 11.0. The molecular weight excluding hydrogens is 222 g/mol. The minimum atomic E-state index is -0.657. The van der Waals surface area contributed by atoms with Crippen molar-refractivity contribution < 1.29 is 4.79 Å². The van der Waals surface area contributed by atoms with Crippen LogP contribution >= 0.6 is 0 Å². The third-order valence-corrected chi connectivity index (χ3v) is 2.24. The number of carbonyl (C=O) groups excluding carboxylic acids is 1. The molecule has 2 rings (SSSR count). The first kappa shape index (κ1) is 11.1. The number of rotatable bonds is 4. The molecule has 17 heavy (non-hydrogen) atoms. The van der Waals surface area contributed by atoms with Crippen molar-refractivity contribution in [2.24, 2.45) is 5.73 Å². The Hall–Kier alpha value is -2.38. The molecule has 0 aliphatic heterocycles. The van der Waals surface area contributed by atoms with Crippen LogP contribution in [0.3, 0.4) is 0 Å². The highest BCUT2D eigenvalue weighted by Gasteiger charge is 2.14. The first-order chi connectivity index (χ1) is 8.13. The van der Waals surface area contributed by atoms with Gasteiger partial charge in [0.15, 0.2) is 11.5 Å². The van der Waals surface area contributed by atoms with Gasteiger partial charge in [-0.15, -0.1) is 5.10 Å². The van der Waals surface area contributed by atoms with Crippen molar-refractivity contribution in [3.63, 3.8) is 0 Å². The monoisotopic (exact) mass is 235 g/mol. The number of hydrogen-bond donors (Lipinski definition) is 2. The fraction of sp³-hybridized carbons (Fsp3) is 0.333. The number of carbonyl (C=O) groups is 1. The van der Waals surface area contributed by atoms with Crippen LogP contribution < -0.4 is 11.5 Å². The van der Waals surface area contributed by atoms with Gasteiger partial charge in [0.25, 0.3) is 5.91 Å². The Morgan fingerprint density at radius 3 is 2.88 bits per heavy atom. The fourth-order valence-corrected chi connectivity index (χ4v) is 1.50. The van der Waals surface area contributed by atoms with Gasteiger partial charge in [-0.25, -0.2) is 9.36 Å². The molecule has 4 N–H and O–H groups in total. The van der Waals surface area contributed by atoms with Gasteiger partial charge in [-0.1, -0.05) is 12.1 Å². The maximum atomic E-state index is 11.0. The van der Waals surface area contributed by atoms with E-state index in [1.54, 1.807) is 10.9 Å². The average molecular weight is 235 g/mol. The van der Waals surface area contributed by atoms with Crippen molar-refractivity contribution >= 4 is 11.6 Å². The minimum Gasteiger partial charge on any atom is -0.396 e. The van der Waals surface area contributed by atoms with Crippen LogP contribution in [0.15, 0.2) is 12.4 Å². The van der Waals surface area contributed by atoms with E-state index in [1.165, 1.54) is 10.9 Å². The molecule has 0 unspecified atom stereocenters. The van der Waals surface area contributed by atoms with E-state index in [4.69, 9.17) is 11.5 Å². The van der Waals surface area contributed by atoms with E-state index >= 15 is 0 Å². The minimum absolute atomic E-state index is 0.0502. The van der Waals surface area contributed by atoms with Gasteiger partial charge < -0.3 is 11.5 Å². The summed E-state index contributed by atoms with van der Waals surface area (Å²) in [4.78, 5) is 11.0. The Kier molecular flexibility index (Phi) is 2.77. The van der Waals surface area contributed by atoms with Gasteiger partial charge in [0.2, 0.25) is 0 Å². The molecule has 0 aliphatic rings. The number of aryl methyl sites for hydroxylation is 1. The van der Waals surface area contributed by atoms with Crippen molar-refractivity contribution in [2.75, 3.05) is 5.73 Å². The number of amides is 1. The molecule has 8 heteroatoms. The summed E-state index contributed by atoms with van der Waals surface area (Å²) in [6.45, 7) is 2.73. The molecule has 2 heterocycles. The lowest BCUT2D eigenvalue weighted by atomic mass is 10.4. The topological polar surface area (TPSA) is 118 Å². The molecule has 0 atom stereocenters. The van der Waals surface area contributed by atoms with Crippen molar-refractivity contribution in [3.05, 3.63) is 18.1 Å². The maximum Gasteiger partial charge on any atom is 0.271 e. The Morgan fingerprint density at radius 1 is 1.53 bits per heavy atom. The second-order valence-corrected chi connectivity index (χ2v) is 3.56. The summed E-state index contributed by atoms with van der Waals surface area (Å²) in [5, 5.41) is 11.7. The number of aromatic nitrogens is 5. The summed E-state index contributed by atoms with van der Waals surface area (Å²) in [5.41, 5.74) is 11.1. The Balaban J connectivity index is 2.42. The molecule has 0 spiro atoms. The SMILES string of the molecule is CCCn1nncc1-n1cc(N)c(C(N)=O)n1. The van der Waals surface area contributed by atoms with Gasteiger partial charge in [-0.3, -0.25) is 4.79 Å². The van der Waals surface area contributed by atoms with Crippen LogP contribution in [0, 0.1) is 0 Å². The van der Waals surface area contributed by atoms with E-state index in [-0.39, 0.29) is 11.4 Å². The predicted molar refractivity (Wildman–Crippen MR) is 60.4 cm³/mol. The van der Waals surface area contributed by atoms with Gasteiger partial charge in [0.1, 0.15) is 0 Å². The summed E-state index contributed by atoms with van der Waals surface area (Å²) in [5.74, 6) is -0.0122. The third kappa shape index (κ3) is 1.96. The molecule has 0 bridgehead atoms. The van der Waals surface area contributed by atoms with Gasteiger partial charge in [-0.2, -0.15) is 5.10 Å². The van der Waals surface area contributed by atoms with Crippen LogP contribution in [0.5, 0.6) is 0 Å². The largest absolute Gasteiger partial charge is 0.396 e. The zero-order chi connectivity index (χ0) is 12.4. The molecule has 0 saturated carbocycles. The van der Waals surface area contributed by atoms with E-state index in [0.717, 1.165) is 6.42 Å². The van der Waals surface area contributed by atoms with E-state index in [1.807, 2.05) is 6.92 Å². The number of nitrogens with zero attached hydrogens (tertiary/aromatic N) is 5. The molecule has 2 aromatic heterocycles. The molecular formula is C9H13N7O. The summed E-state index contributed by atoms with van der Waals surface area (Å²) < 4.78 is 3.13. The number of nitrogen functional groups attached to an aromatic ring is 1. The molecule has 2 aromatic rings. The van der Waals surface area contributed by atoms with Gasteiger partial charge in [0, 0.05) is 6.54 Å². The second kappa shape index (κ2) is 4.24. The number of nitrogens with two attached hydrogens (primary N) is 2. The summed E-state index contributed by atoms with van der Waals surface area (Å²) >= 11 is 0. The molecule has 0 aromatic carbocycles. The first-order valence-corrected chi connectivity index (χ1v) is 5.17. The highest BCUT2D eigenvalue weighted by Crippen LogP contribution is 2.13. The molecule has 0 saturated heterocycles. The first-order valence-electron chi connectivity index (χ1n) is 5.17. The zero-order valence-corrected chi connectivity index (χ0v) is 9.37. The van der Waals surface area contributed by atoms with Crippen LogP contribution in [0.25, 0.3) is 5.82 Å². The number of primary amides is 1. The van der Waals surface area contributed by atoms with E-state index in [9.17, 15) is 4.79 Å². The lowest BCUT2D eigenvalue weighted by Gasteiger charge is -2.03. The average Bonchev–Trinajstić information content (AvgIpc) is 2.84. The standard InChI is InChI=1S/C9H13N7O/c1-2-3-15-7(4-12-14-15)16-5-6(10)8(13-16)9(11)17/h4-5H,2-3,10H2,1H3,(H2,11,17). The quantitative estimate of drug-likeness (QED) is 0.744. The normalized spacial score (nSPS) is 10.6. The summed E-state index contributed by atoms with van der Waals surface area (Å²) in [7, 11) is 0. The van der Waals surface area contributed by atoms with Crippen molar-refractivity contribution in [1.29, 1.82) is 0 Å². The smallest absolute Gasteiger partial charge is 0.271 e. The van der Waals surface area contributed by atoms with Gasteiger partial charge in [0.05, 0.1) is 18.1 Å². The second-order valence-electron chi connectivity index (χ2n) is 3.56. The third-order valence-electron chi connectivity index (χ3n) is 2.24. The van der Waals surface area contributed by atoms with Crippen molar-refractivity contribution in [2.45, 2.75) is 19.9 Å². The van der Waals surface area contributed by atoms with Crippen LogP contribution in [-0.2, 0) is 6.54 Å². The van der Waals surface area contributed by atoms with E-state index in [2.05, 4.69) is 15.4 Å². The Bertz CT molecular complexity index is 541. The number of hydrogen-bond acceptors (Lipinski definition) is 5. The van der Waals surface area contributed by atoms with Crippen molar-refractivity contribution in [1.82, 2.24) is 24.8 Å². The lowest BCUT2D eigenvalue weighted by molar-refractivity contribution is 0.0996. The van der Waals surface area contributed by atoms with Gasteiger partial charge in [-0.05, 0) is 6.42 Å². The van der Waals surface area contributed by atoms with E-state index < -0.39 is 5.91 Å². The number of anilines is 1. The zero-order valence-electron chi connectivity index (χ0n) is 9.37. The predicted octanol–water partition coefficient (Wildman–Crippen LogP) is -0.445. The van der Waals surface area contributed by atoms with Crippen LogP contribution in [0.1, 0.15) is 23.8 Å². The fourth-order valence-electron chi connectivity index (χ4n) is 1.50. The Labute approximate surface area is 97.2 Å².